The maximum atomic E-state index is 6.21. The van der Waals surface area contributed by atoms with E-state index in [1.54, 1.807) is 11.3 Å². The van der Waals surface area contributed by atoms with E-state index >= 15 is 0 Å². The van der Waals surface area contributed by atoms with Crippen molar-refractivity contribution in [3.63, 3.8) is 0 Å². The van der Waals surface area contributed by atoms with Crippen molar-refractivity contribution < 1.29 is 0 Å². The maximum absolute atomic E-state index is 6.21. The minimum Gasteiger partial charge on any atom is -0.320 e. The van der Waals surface area contributed by atoms with Crippen molar-refractivity contribution >= 4 is 22.9 Å². The van der Waals surface area contributed by atoms with Gasteiger partial charge in [0.2, 0.25) is 0 Å². The molecule has 0 aliphatic heterocycles. The van der Waals surface area contributed by atoms with Crippen molar-refractivity contribution in [3.8, 4) is 0 Å². The molecule has 1 aromatic heterocycles. The van der Waals surface area contributed by atoms with Gasteiger partial charge in [-0.05, 0) is 54.5 Å². The Morgan fingerprint density at radius 2 is 1.45 bits per heavy atom. The van der Waals surface area contributed by atoms with E-state index in [0.29, 0.717) is 0 Å². The Hall–Kier alpha value is -2.62. The quantitative estimate of drug-likeness (QED) is 0.261. The molecule has 0 atom stereocenters. The lowest BCUT2D eigenvalue weighted by Gasteiger charge is -2.43. The zero-order valence-electron chi connectivity index (χ0n) is 18.8. The summed E-state index contributed by atoms with van der Waals surface area (Å²) in [6, 6.07) is 29.9. The molecule has 168 valence electrons. The van der Waals surface area contributed by atoms with Crippen LogP contribution in [0.3, 0.4) is 0 Å². The highest BCUT2D eigenvalue weighted by Crippen LogP contribution is 2.49. The number of aryl methyl sites for hydroxylation is 1. The molecule has 1 aliphatic carbocycles. The molecule has 0 amide bonds. The summed E-state index contributed by atoms with van der Waals surface area (Å²) in [5.74, 6) is 0. The van der Waals surface area contributed by atoms with Crippen LogP contribution in [0.5, 0.6) is 0 Å². The normalized spacial score (nSPS) is 15.4. The van der Waals surface area contributed by atoms with Gasteiger partial charge in [-0.3, -0.25) is 4.99 Å². The molecule has 0 spiro atoms. The van der Waals surface area contributed by atoms with E-state index in [2.05, 4.69) is 82.7 Å². The zero-order chi connectivity index (χ0) is 22.5. The van der Waals surface area contributed by atoms with E-state index in [1.807, 2.05) is 12.1 Å². The van der Waals surface area contributed by atoms with Gasteiger partial charge in [0, 0.05) is 34.6 Å². The van der Waals surface area contributed by atoms with Crippen molar-refractivity contribution in [2.75, 3.05) is 6.54 Å². The summed E-state index contributed by atoms with van der Waals surface area (Å²) in [5.41, 5.74) is 5.57. The Labute approximate surface area is 205 Å². The minimum atomic E-state index is 0.0744. The molecule has 1 aliphatic rings. The van der Waals surface area contributed by atoms with Crippen LogP contribution in [0, 0.1) is 0 Å². The maximum Gasteiger partial charge on any atom is 0.184 e. The van der Waals surface area contributed by atoms with E-state index in [1.165, 1.54) is 41.6 Å². The monoisotopic (exact) mass is 472 g/mol. The van der Waals surface area contributed by atoms with Crippen molar-refractivity contribution in [2.45, 2.75) is 44.1 Å². The highest BCUT2D eigenvalue weighted by molar-refractivity contribution is 7.07. The fraction of sp³-hybridized carbons (Fsp3) is 0.276. The van der Waals surface area contributed by atoms with Crippen molar-refractivity contribution in [3.05, 3.63) is 123 Å². The number of benzene rings is 3. The third-order valence-electron chi connectivity index (χ3n) is 6.85. The molecule has 33 heavy (non-hydrogen) atoms. The average Bonchev–Trinajstić information content (AvgIpc) is 3.22. The van der Waals surface area contributed by atoms with Crippen LogP contribution >= 0.6 is 22.9 Å². The SMILES string of the molecule is Clc1ccc(C2(c3cs/c(=N/CCc4ccccc4)n3CCc3ccccc3)CCC2)cc1. The Kier molecular flexibility index (Phi) is 6.80. The zero-order valence-corrected chi connectivity index (χ0v) is 20.4. The molecule has 1 heterocycles. The number of nitrogens with zero attached hydrogens (tertiary/aromatic N) is 2. The molecule has 0 saturated heterocycles. The van der Waals surface area contributed by atoms with Gasteiger partial charge in [-0.25, -0.2) is 0 Å². The first-order valence-electron chi connectivity index (χ1n) is 11.8. The second-order valence-corrected chi connectivity index (χ2v) is 10.1. The van der Waals surface area contributed by atoms with Gasteiger partial charge in [0.05, 0.1) is 0 Å². The summed E-state index contributed by atoms with van der Waals surface area (Å²) >= 11 is 8.00. The van der Waals surface area contributed by atoms with Gasteiger partial charge in [0.1, 0.15) is 0 Å². The lowest BCUT2D eigenvalue weighted by Crippen LogP contribution is -2.39. The van der Waals surface area contributed by atoms with Gasteiger partial charge in [-0.2, -0.15) is 0 Å². The fourth-order valence-electron chi connectivity index (χ4n) is 4.85. The Bertz CT molecular complexity index is 1240. The number of halogens is 1. The van der Waals surface area contributed by atoms with Crippen LogP contribution in [-0.4, -0.2) is 11.1 Å². The average molecular weight is 473 g/mol. The lowest BCUT2D eigenvalue weighted by molar-refractivity contribution is 0.282. The third-order valence-corrected chi connectivity index (χ3v) is 8.00. The number of rotatable bonds is 8. The van der Waals surface area contributed by atoms with E-state index in [-0.39, 0.29) is 5.41 Å². The van der Waals surface area contributed by atoms with Crippen LogP contribution in [0.15, 0.2) is 95.3 Å². The number of hydrogen-bond donors (Lipinski definition) is 0. The standard InChI is InChI=1S/C29H29ClN2S/c30-26-14-12-25(13-15-26)29(18-7-19-29)27-22-33-28(31-20-16-23-8-3-1-4-9-23)32(27)21-17-24-10-5-2-6-11-24/h1-6,8-15,22H,7,16-21H2/b31-28+. The fourth-order valence-corrected chi connectivity index (χ4v) is 6.03. The van der Waals surface area contributed by atoms with Crippen LogP contribution in [0.4, 0.5) is 0 Å². The van der Waals surface area contributed by atoms with E-state index in [0.717, 1.165) is 35.8 Å². The van der Waals surface area contributed by atoms with Gasteiger partial charge in [-0.15, -0.1) is 11.3 Å². The summed E-state index contributed by atoms with van der Waals surface area (Å²) in [6.07, 6.45) is 5.60. The summed E-state index contributed by atoms with van der Waals surface area (Å²) < 4.78 is 2.50. The number of hydrogen-bond acceptors (Lipinski definition) is 2. The smallest absolute Gasteiger partial charge is 0.184 e. The van der Waals surface area contributed by atoms with Crippen LogP contribution in [0.1, 0.15) is 41.6 Å². The van der Waals surface area contributed by atoms with Crippen LogP contribution in [-0.2, 0) is 24.8 Å². The number of thiazole rings is 1. The second kappa shape index (κ2) is 10.1. The van der Waals surface area contributed by atoms with Gasteiger partial charge < -0.3 is 4.57 Å². The highest BCUT2D eigenvalue weighted by Gasteiger charge is 2.42. The van der Waals surface area contributed by atoms with Gasteiger partial charge in [-0.1, -0.05) is 90.8 Å². The molecule has 4 heteroatoms. The third kappa shape index (κ3) is 4.85. The lowest BCUT2D eigenvalue weighted by atomic mass is 9.62. The first-order chi connectivity index (χ1) is 16.2. The first-order valence-corrected chi connectivity index (χ1v) is 13.0. The minimum absolute atomic E-state index is 0.0744. The molecule has 4 aromatic rings. The molecule has 5 rings (SSSR count). The van der Waals surface area contributed by atoms with Crippen LogP contribution < -0.4 is 4.80 Å². The molecule has 3 aromatic carbocycles. The topological polar surface area (TPSA) is 17.3 Å². The summed E-state index contributed by atoms with van der Waals surface area (Å²) in [5, 5.41) is 3.16. The molecule has 0 N–H and O–H groups in total. The predicted molar refractivity (Wildman–Crippen MR) is 139 cm³/mol. The Morgan fingerprint density at radius 3 is 2.06 bits per heavy atom. The van der Waals surface area contributed by atoms with Crippen LogP contribution in [0.2, 0.25) is 5.02 Å². The second-order valence-electron chi connectivity index (χ2n) is 8.85. The molecule has 0 unspecified atom stereocenters. The van der Waals surface area contributed by atoms with E-state index in [4.69, 9.17) is 16.6 Å². The van der Waals surface area contributed by atoms with Crippen molar-refractivity contribution in [1.82, 2.24) is 4.57 Å². The molecule has 2 nitrogen and oxygen atoms in total. The van der Waals surface area contributed by atoms with E-state index < -0.39 is 0 Å². The molecule has 0 radical (unpaired) electrons. The molecular weight excluding hydrogens is 444 g/mol. The van der Waals surface area contributed by atoms with Crippen LogP contribution in [0.25, 0.3) is 0 Å². The number of aromatic nitrogens is 1. The van der Waals surface area contributed by atoms with E-state index in [9.17, 15) is 0 Å². The van der Waals surface area contributed by atoms with Gasteiger partial charge >= 0.3 is 0 Å². The Morgan fingerprint density at radius 1 is 0.818 bits per heavy atom. The summed E-state index contributed by atoms with van der Waals surface area (Å²) in [7, 11) is 0. The van der Waals surface area contributed by atoms with Gasteiger partial charge in [0.15, 0.2) is 4.80 Å². The highest BCUT2D eigenvalue weighted by atomic mass is 35.5. The summed E-state index contributed by atoms with van der Waals surface area (Å²) in [4.78, 5) is 6.21. The van der Waals surface area contributed by atoms with Crippen molar-refractivity contribution in [2.24, 2.45) is 4.99 Å². The molecular formula is C29H29ClN2S. The molecule has 0 bridgehead atoms. The Balaban J connectivity index is 1.48. The van der Waals surface area contributed by atoms with Gasteiger partial charge in [0.25, 0.3) is 0 Å². The first kappa shape index (κ1) is 22.2. The summed E-state index contributed by atoms with van der Waals surface area (Å²) in [6.45, 7) is 1.76. The largest absolute Gasteiger partial charge is 0.320 e. The molecule has 1 fully saturated rings. The van der Waals surface area contributed by atoms with Crippen molar-refractivity contribution in [1.29, 1.82) is 0 Å². The molecule has 1 saturated carbocycles. The predicted octanol–water partition coefficient (Wildman–Crippen LogP) is 7.06.